The normalized spacial score (nSPS) is 19.1. The van der Waals surface area contributed by atoms with Crippen LogP contribution in [0.2, 0.25) is 0 Å². The van der Waals surface area contributed by atoms with Gasteiger partial charge in [0.05, 0.1) is 6.61 Å². The monoisotopic (exact) mass is 288 g/mol. The summed E-state index contributed by atoms with van der Waals surface area (Å²) in [7, 11) is -5.40. The zero-order valence-electron chi connectivity index (χ0n) is 10.2. The van der Waals surface area contributed by atoms with Gasteiger partial charge in [-0.15, -0.1) is 0 Å². The first-order chi connectivity index (χ1) is 8.33. The Morgan fingerprint density at radius 2 is 1.67 bits per heavy atom. The summed E-state index contributed by atoms with van der Waals surface area (Å²) in [6.07, 6.45) is 8.11. The standard InChI is InChI=1S/C11H19F3O3S/c12-11(13,14)18(15,16)17-9-5-4-8-10-6-2-1-3-7-10/h10H,1-9H2. The Hall–Kier alpha value is -0.300. The largest absolute Gasteiger partial charge is 0.523 e. The predicted octanol–water partition coefficient (Wildman–Crippen LogP) is 3.60. The molecule has 1 fully saturated rings. The zero-order chi connectivity index (χ0) is 13.6. The summed E-state index contributed by atoms with van der Waals surface area (Å²) in [6, 6.07) is 0. The van der Waals surface area contributed by atoms with Gasteiger partial charge in [-0.05, 0) is 12.3 Å². The Morgan fingerprint density at radius 3 is 2.22 bits per heavy atom. The number of rotatable bonds is 6. The molecule has 0 saturated heterocycles. The van der Waals surface area contributed by atoms with Gasteiger partial charge in [0.15, 0.2) is 0 Å². The molecule has 1 aliphatic rings. The van der Waals surface area contributed by atoms with Gasteiger partial charge >= 0.3 is 15.6 Å². The lowest BCUT2D eigenvalue weighted by atomic mass is 9.86. The van der Waals surface area contributed by atoms with Crippen molar-refractivity contribution in [1.82, 2.24) is 0 Å². The van der Waals surface area contributed by atoms with Gasteiger partial charge in [-0.2, -0.15) is 21.6 Å². The minimum absolute atomic E-state index is 0.353. The minimum Gasteiger partial charge on any atom is -0.263 e. The molecule has 1 saturated carbocycles. The van der Waals surface area contributed by atoms with Crippen molar-refractivity contribution in [3.63, 3.8) is 0 Å². The zero-order valence-corrected chi connectivity index (χ0v) is 11.0. The average Bonchev–Trinajstić information content (AvgIpc) is 2.28. The van der Waals surface area contributed by atoms with E-state index in [4.69, 9.17) is 0 Å². The summed E-state index contributed by atoms with van der Waals surface area (Å²) >= 11 is 0. The van der Waals surface area contributed by atoms with Crippen molar-refractivity contribution >= 4 is 10.1 Å². The van der Waals surface area contributed by atoms with Gasteiger partial charge < -0.3 is 0 Å². The van der Waals surface area contributed by atoms with E-state index in [-0.39, 0.29) is 6.61 Å². The molecule has 0 spiro atoms. The first kappa shape index (κ1) is 15.8. The number of alkyl halides is 3. The molecule has 0 unspecified atom stereocenters. The molecule has 0 heterocycles. The average molecular weight is 288 g/mol. The molecule has 3 nitrogen and oxygen atoms in total. The second-order valence-electron chi connectivity index (χ2n) is 4.72. The quantitative estimate of drug-likeness (QED) is 0.426. The van der Waals surface area contributed by atoms with Crippen LogP contribution in [0, 0.1) is 5.92 Å². The van der Waals surface area contributed by atoms with E-state index < -0.39 is 15.6 Å². The fourth-order valence-electron chi connectivity index (χ4n) is 2.25. The minimum atomic E-state index is -5.40. The third kappa shape index (κ3) is 5.14. The van der Waals surface area contributed by atoms with Crippen molar-refractivity contribution in [2.24, 2.45) is 5.92 Å². The lowest BCUT2D eigenvalue weighted by molar-refractivity contribution is -0.0543. The molecular weight excluding hydrogens is 269 g/mol. The third-order valence-electron chi connectivity index (χ3n) is 3.25. The Labute approximate surface area is 106 Å². The van der Waals surface area contributed by atoms with E-state index in [2.05, 4.69) is 4.18 Å². The van der Waals surface area contributed by atoms with Crippen molar-refractivity contribution in [1.29, 1.82) is 0 Å². The maximum absolute atomic E-state index is 11.9. The summed E-state index contributed by atoms with van der Waals surface area (Å²) in [6.45, 7) is -0.380. The van der Waals surface area contributed by atoms with Crippen LogP contribution in [0.4, 0.5) is 13.2 Å². The van der Waals surface area contributed by atoms with Crippen LogP contribution in [-0.4, -0.2) is 20.5 Å². The molecule has 18 heavy (non-hydrogen) atoms. The van der Waals surface area contributed by atoms with Gasteiger partial charge in [-0.3, -0.25) is 4.18 Å². The molecule has 0 radical (unpaired) electrons. The van der Waals surface area contributed by atoms with Crippen LogP contribution in [0.15, 0.2) is 0 Å². The summed E-state index contributed by atoms with van der Waals surface area (Å²) in [5, 5.41) is 0. The van der Waals surface area contributed by atoms with E-state index >= 15 is 0 Å². The second kappa shape index (κ2) is 6.75. The van der Waals surface area contributed by atoms with Crippen LogP contribution in [0.1, 0.15) is 51.4 Å². The molecule has 0 aromatic rings. The summed E-state index contributed by atoms with van der Waals surface area (Å²) < 4.78 is 60.8. The van der Waals surface area contributed by atoms with Crippen molar-refractivity contribution in [2.75, 3.05) is 6.61 Å². The maximum atomic E-state index is 11.9. The van der Waals surface area contributed by atoms with Gasteiger partial charge in [0, 0.05) is 0 Å². The number of unbranched alkanes of at least 4 members (excludes halogenated alkanes) is 1. The Bertz CT molecular complexity index is 332. The lowest BCUT2D eigenvalue weighted by Crippen LogP contribution is -2.25. The molecule has 0 bridgehead atoms. The SMILES string of the molecule is O=S(=O)(OCCCCC1CCCCC1)C(F)(F)F. The molecule has 7 heteroatoms. The van der Waals surface area contributed by atoms with E-state index in [1.54, 1.807) is 0 Å². The molecule has 0 aromatic heterocycles. The molecule has 0 amide bonds. The van der Waals surface area contributed by atoms with Crippen molar-refractivity contribution in [3.8, 4) is 0 Å². The van der Waals surface area contributed by atoms with Crippen molar-refractivity contribution in [3.05, 3.63) is 0 Å². The van der Waals surface area contributed by atoms with Gasteiger partial charge in [0.25, 0.3) is 0 Å². The smallest absolute Gasteiger partial charge is 0.263 e. The Kier molecular flexibility index (Phi) is 5.91. The molecule has 0 atom stereocenters. The first-order valence-electron chi connectivity index (χ1n) is 6.28. The molecular formula is C11H19F3O3S. The van der Waals surface area contributed by atoms with E-state index in [0.717, 1.165) is 12.8 Å². The van der Waals surface area contributed by atoms with Crippen LogP contribution in [0.3, 0.4) is 0 Å². The Morgan fingerprint density at radius 1 is 1.06 bits per heavy atom. The van der Waals surface area contributed by atoms with Crippen LogP contribution in [0.25, 0.3) is 0 Å². The van der Waals surface area contributed by atoms with Crippen LogP contribution < -0.4 is 0 Å². The van der Waals surface area contributed by atoms with Crippen LogP contribution >= 0.6 is 0 Å². The van der Waals surface area contributed by atoms with E-state index in [0.29, 0.717) is 12.3 Å². The highest BCUT2D eigenvalue weighted by molar-refractivity contribution is 7.87. The number of hydrogen-bond acceptors (Lipinski definition) is 3. The van der Waals surface area contributed by atoms with Crippen LogP contribution in [-0.2, 0) is 14.3 Å². The number of hydrogen-bond donors (Lipinski definition) is 0. The molecule has 0 aromatic carbocycles. The summed E-state index contributed by atoms with van der Waals surface area (Å²) in [4.78, 5) is 0. The molecule has 0 N–H and O–H groups in total. The van der Waals surface area contributed by atoms with E-state index in [9.17, 15) is 21.6 Å². The third-order valence-corrected chi connectivity index (χ3v) is 4.30. The summed E-state index contributed by atoms with van der Waals surface area (Å²) in [5.41, 5.74) is -5.31. The topological polar surface area (TPSA) is 43.4 Å². The highest BCUT2D eigenvalue weighted by Crippen LogP contribution is 2.28. The highest BCUT2D eigenvalue weighted by atomic mass is 32.2. The fraction of sp³-hybridized carbons (Fsp3) is 1.00. The van der Waals surface area contributed by atoms with Gasteiger partial charge in [0.2, 0.25) is 0 Å². The van der Waals surface area contributed by atoms with Crippen LogP contribution in [0.5, 0.6) is 0 Å². The van der Waals surface area contributed by atoms with E-state index in [1.165, 1.54) is 32.1 Å². The highest BCUT2D eigenvalue weighted by Gasteiger charge is 2.47. The molecule has 1 aliphatic carbocycles. The molecule has 0 aliphatic heterocycles. The maximum Gasteiger partial charge on any atom is 0.523 e. The van der Waals surface area contributed by atoms with Gasteiger partial charge in [0.1, 0.15) is 0 Å². The van der Waals surface area contributed by atoms with Gasteiger partial charge in [-0.1, -0.05) is 44.9 Å². The first-order valence-corrected chi connectivity index (χ1v) is 7.69. The fourth-order valence-corrected chi connectivity index (χ4v) is 2.72. The summed E-state index contributed by atoms with van der Waals surface area (Å²) in [5.74, 6) is 0.651. The second-order valence-corrected chi connectivity index (χ2v) is 6.33. The van der Waals surface area contributed by atoms with Gasteiger partial charge in [-0.25, -0.2) is 0 Å². The number of halogens is 3. The lowest BCUT2D eigenvalue weighted by Gasteiger charge is -2.21. The predicted molar refractivity (Wildman–Crippen MR) is 61.4 cm³/mol. The Balaban J connectivity index is 2.11. The van der Waals surface area contributed by atoms with Crippen molar-refractivity contribution < 1.29 is 25.8 Å². The van der Waals surface area contributed by atoms with E-state index in [1.807, 2.05) is 0 Å². The van der Waals surface area contributed by atoms with Crippen molar-refractivity contribution in [2.45, 2.75) is 56.9 Å². The molecule has 108 valence electrons. The molecule has 1 rings (SSSR count).